The van der Waals surface area contributed by atoms with Crippen molar-refractivity contribution in [1.29, 1.82) is 0 Å². The lowest BCUT2D eigenvalue weighted by Gasteiger charge is -2.15. The zero-order chi connectivity index (χ0) is 10.1. The topological polar surface area (TPSA) is 12.0 Å². The molecule has 14 heavy (non-hydrogen) atoms. The molecule has 1 nitrogen and oxygen atoms in total. The molecule has 1 aliphatic rings. The molecule has 0 bridgehead atoms. The summed E-state index contributed by atoms with van der Waals surface area (Å²) in [4.78, 5) is 3.15. The first-order chi connectivity index (χ1) is 6.66. The maximum atomic E-state index is 3.56. The Hall–Kier alpha value is -0.340. The Kier molecular flexibility index (Phi) is 2.93. The van der Waals surface area contributed by atoms with Crippen LogP contribution in [0.3, 0.4) is 0 Å². The van der Waals surface area contributed by atoms with Gasteiger partial charge in [-0.25, -0.2) is 0 Å². The molecule has 0 saturated heterocycles. The minimum absolute atomic E-state index is 0.519. The Bertz CT molecular complexity index is 293. The predicted octanol–water partition coefficient (Wildman–Crippen LogP) is 3.30. The molecule has 1 N–H and O–H groups in total. The van der Waals surface area contributed by atoms with E-state index in [9.17, 15) is 0 Å². The first-order valence-electron chi connectivity index (χ1n) is 5.54. The van der Waals surface area contributed by atoms with Crippen molar-refractivity contribution in [2.75, 3.05) is 0 Å². The van der Waals surface area contributed by atoms with Gasteiger partial charge < -0.3 is 5.32 Å². The first kappa shape index (κ1) is 10.2. The van der Waals surface area contributed by atoms with Crippen LogP contribution in [0, 0.1) is 0 Å². The van der Waals surface area contributed by atoms with E-state index >= 15 is 0 Å². The molecular weight excluding hydrogens is 190 g/mol. The molecule has 0 saturated carbocycles. The summed E-state index contributed by atoms with van der Waals surface area (Å²) in [6, 6.07) is 3.50. The fourth-order valence-corrected chi connectivity index (χ4v) is 3.42. The average molecular weight is 209 g/mol. The number of nitrogens with one attached hydrogen (secondary N) is 1. The molecule has 0 aliphatic heterocycles. The molecule has 0 amide bonds. The highest BCUT2D eigenvalue weighted by atomic mass is 32.1. The minimum Gasteiger partial charge on any atom is -0.307 e. The fraction of sp³-hybridized carbons (Fsp3) is 0.667. The Balaban J connectivity index is 2.09. The second-order valence-corrected chi connectivity index (χ2v) is 5.66. The van der Waals surface area contributed by atoms with Gasteiger partial charge in [0, 0.05) is 21.8 Å². The van der Waals surface area contributed by atoms with Crippen LogP contribution in [0.5, 0.6) is 0 Å². The van der Waals surface area contributed by atoms with Crippen molar-refractivity contribution in [3.63, 3.8) is 0 Å². The molecule has 2 heteroatoms. The zero-order valence-electron chi connectivity index (χ0n) is 9.26. The van der Waals surface area contributed by atoms with Gasteiger partial charge in [-0.1, -0.05) is 13.8 Å². The molecule has 78 valence electrons. The maximum absolute atomic E-state index is 3.56. The molecular formula is C12H19NS. The largest absolute Gasteiger partial charge is 0.307 e. The van der Waals surface area contributed by atoms with Crippen LogP contribution in [0.2, 0.25) is 0 Å². The molecule has 1 aromatic heterocycles. The molecule has 0 aromatic carbocycles. The van der Waals surface area contributed by atoms with Gasteiger partial charge in [0.2, 0.25) is 0 Å². The van der Waals surface area contributed by atoms with Crippen molar-refractivity contribution in [3.8, 4) is 0 Å². The highest BCUT2D eigenvalue weighted by molar-refractivity contribution is 7.12. The van der Waals surface area contributed by atoms with Crippen LogP contribution in [0.1, 0.15) is 48.6 Å². The van der Waals surface area contributed by atoms with Gasteiger partial charge in [0.15, 0.2) is 0 Å². The number of fused-ring (bicyclic) bond motifs is 1. The summed E-state index contributed by atoms with van der Waals surface area (Å²) in [5.41, 5.74) is 1.61. The minimum atomic E-state index is 0.519. The fourth-order valence-electron chi connectivity index (χ4n) is 2.15. The van der Waals surface area contributed by atoms with Crippen LogP contribution in [0.15, 0.2) is 6.07 Å². The van der Waals surface area contributed by atoms with Crippen LogP contribution in [0.4, 0.5) is 0 Å². The monoisotopic (exact) mass is 209 g/mol. The molecule has 1 aromatic rings. The summed E-state index contributed by atoms with van der Waals surface area (Å²) in [7, 11) is 0. The Morgan fingerprint density at radius 1 is 1.29 bits per heavy atom. The summed E-state index contributed by atoms with van der Waals surface area (Å²) < 4.78 is 0. The molecule has 0 fully saturated rings. The van der Waals surface area contributed by atoms with Crippen molar-refractivity contribution in [2.45, 2.75) is 52.1 Å². The van der Waals surface area contributed by atoms with E-state index in [4.69, 9.17) is 0 Å². The van der Waals surface area contributed by atoms with Gasteiger partial charge in [-0.15, -0.1) is 11.3 Å². The SMILES string of the molecule is CC(C)NC(C)c1cc2c(s1)CCC2. The van der Waals surface area contributed by atoms with E-state index in [-0.39, 0.29) is 0 Å². The lowest BCUT2D eigenvalue weighted by atomic mass is 10.2. The number of thiophene rings is 1. The van der Waals surface area contributed by atoms with Gasteiger partial charge >= 0.3 is 0 Å². The van der Waals surface area contributed by atoms with Crippen LogP contribution in [-0.2, 0) is 12.8 Å². The summed E-state index contributed by atoms with van der Waals surface area (Å²) in [6.07, 6.45) is 3.99. The van der Waals surface area contributed by atoms with E-state index in [1.807, 2.05) is 11.3 Å². The van der Waals surface area contributed by atoms with E-state index in [0.717, 1.165) is 0 Å². The van der Waals surface area contributed by atoms with Gasteiger partial charge in [0.1, 0.15) is 0 Å². The predicted molar refractivity (Wildman–Crippen MR) is 63.0 cm³/mol. The molecule has 2 rings (SSSR count). The number of hydrogen-bond acceptors (Lipinski definition) is 2. The van der Waals surface area contributed by atoms with E-state index in [1.165, 1.54) is 24.1 Å². The van der Waals surface area contributed by atoms with Gasteiger partial charge in [-0.2, -0.15) is 0 Å². The summed E-state index contributed by atoms with van der Waals surface area (Å²) >= 11 is 2.01. The Labute approximate surface area is 90.5 Å². The smallest absolute Gasteiger partial charge is 0.0388 e. The van der Waals surface area contributed by atoms with Crippen LogP contribution >= 0.6 is 11.3 Å². The molecule has 1 aliphatic carbocycles. The van der Waals surface area contributed by atoms with Crippen molar-refractivity contribution >= 4 is 11.3 Å². The standard InChI is InChI=1S/C12H19NS/c1-8(2)13-9(3)12-7-10-5-4-6-11(10)14-12/h7-9,13H,4-6H2,1-3H3. The lowest BCUT2D eigenvalue weighted by Crippen LogP contribution is -2.25. The number of aryl methyl sites for hydroxylation is 2. The summed E-state index contributed by atoms with van der Waals surface area (Å²) in [5.74, 6) is 0. The second-order valence-electron chi connectivity index (χ2n) is 4.49. The van der Waals surface area contributed by atoms with E-state index < -0.39 is 0 Å². The molecule has 0 spiro atoms. The maximum Gasteiger partial charge on any atom is 0.0388 e. The van der Waals surface area contributed by atoms with Gasteiger partial charge in [0.05, 0.1) is 0 Å². The lowest BCUT2D eigenvalue weighted by molar-refractivity contribution is 0.512. The van der Waals surface area contributed by atoms with Crippen LogP contribution in [-0.4, -0.2) is 6.04 Å². The highest BCUT2D eigenvalue weighted by Crippen LogP contribution is 2.33. The van der Waals surface area contributed by atoms with Crippen molar-refractivity contribution in [1.82, 2.24) is 5.32 Å². The quantitative estimate of drug-likeness (QED) is 0.805. The Morgan fingerprint density at radius 3 is 2.71 bits per heavy atom. The van der Waals surface area contributed by atoms with E-state index in [0.29, 0.717) is 12.1 Å². The molecule has 1 unspecified atom stereocenters. The first-order valence-corrected chi connectivity index (χ1v) is 6.36. The molecule has 0 radical (unpaired) electrons. The van der Waals surface area contributed by atoms with Crippen molar-refractivity contribution < 1.29 is 0 Å². The third kappa shape index (κ3) is 2.01. The third-order valence-corrected chi connectivity index (χ3v) is 4.20. The average Bonchev–Trinajstić information content (AvgIpc) is 2.58. The highest BCUT2D eigenvalue weighted by Gasteiger charge is 2.17. The van der Waals surface area contributed by atoms with Crippen molar-refractivity contribution in [3.05, 3.63) is 21.4 Å². The number of rotatable bonds is 3. The van der Waals surface area contributed by atoms with Crippen molar-refractivity contribution in [2.24, 2.45) is 0 Å². The second kappa shape index (κ2) is 4.03. The van der Waals surface area contributed by atoms with Crippen LogP contribution in [0.25, 0.3) is 0 Å². The number of hydrogen-bond donors (Lipinski definition) is 1. The zero-order valence-corrected chi connectivity index (χ0v) is 10.1. The van der Waals surface area contributed by atoms with E-state index in [1.54, 1.807) is 10.4 Å². The van der Waals surface area contributed by atoms with Gasteiger partial charge in [-0.3, -0.25) is 0 Å². The normalized spacial score (nSPS) is 17.4. The Morgan fingerprint density at radius 2 is 2.07 bits per heavy atom. The molecule has 1 heterocycles. The summed E-state index contributed by atoms with van der Waals surface area (Å²) in [5, 5.41) is 3.56. The summed E-state index contributed by atoms with van der Waals surface area (Å²) in [6.45, 7) is 6.68. The van der Waals surface area contributed by atoms with E-state index in [2.05, 4.69) is 32.2 Å². The van der Waals surface area contributed by atoms with Crippen LogP contribution < -0.4 is 5.32 Å². The molecule has 1 atom stereocenters. The van der Waals surface area contributed by atoms with Gasteiger partial charge in [-0.05, 0) is 37.8 Å². The van der Waals surface area contributed by atoms with Gasteiger partial charge in [0.25, 0.3) is 0 Å². The third-order valence-electron chi connectivity index (χ3n) is 2.78.